The molecule has 0 aliphatic carbocycles. The molecule has 0 spiro atoms. The summed E-state index contributed by atoms with van der Waals surface area (Å²) in [5.41, 5.74) is 0.526. The molecular formula is C25H36N4O2S. The van der Waals surface area contributed by atoms with Crippen molar-refractivity contribution >= 4 is 11.3 Å². The van der Waals surface area contributed by atoms with Crippen molar-refractivity contribution in [3.63, 3.8) is 0 Å². The van der Waals surface area contributed by atoms with Crippen molar-refractivity contribution in [1.82, 2.24) is 14.8 Å². The molecule has 6 nitrogen and oxygen atoms in total. The van der Waals surface area contributed by atoms with Crippen molar-refractivity contribution in [2.75, 3.05) is 53.0 Å². The second-order valence-corrected chi connectivity index (χ2v) is 9.70. The molecule has 174 valence electrons. The summed E-state index contributed by atoms with van der Waals surface area (Å²) in [4.78, 5) is 10.6. The van der Waals surface area contributed by atoms with Crippen molar-refractivity contribution in [2.45, 2.75) is 38.7 Å². The topological polar surface area (TPSA) is 61.6 Å². The molecule has 1 fully saturated rings. The minimum Gasteiger partial charge on any atom is -0.476 e. The van der Waals surface area contributed by atoms with Gasteiger partial charge >= 0.3 is 0 Å². The first-order valence-electron chi connectivity index (χ1n) is 11.5. The number of nitriles is 1. The number of nitrogens with zero attached hydrogens (tertiary/aromatic N) is 4. The normalized spacial score (nSPS) is 17.2. The molecule has 0 radical (unpaired) electrons. The predicted octanol–water partition coefficient (Wildman–Crippen LogP) is 4.18. The molecule has 0 bridgehead atoms. The minimum atomic E-state index is -0.359. The summed E-state index contributed by atoms with van der Waals surface area (Å²) in [6, 6.07) is 12.6. The molecule has 32 heavy (non-hydrogen) atoms. The number of hydrogen-bond acceptors (Lipinski definition) is 7. The van der Waals surface area contributed by atoms with Crippen molar-refractivity contribution in [2.24, 2.45) is 5.92 Å². The molecule has 0 N–H and O–H groups in total. The highest BCUT2D eigenvalue weighted by Gasteiger charge is 2.36. The van der Waals surface area contributed by atoms with Gasteiger partial charge in [0.1, 0.15) is 6.61 Å². The molecule has 2 aromatic heterocycles. The van der Waals surface area contributed by atoms with Crippen LogP contribution in [-0.4, -0.2) is 67.8 Å². The third-order valence-corrected chi connectivity index (χ3v) is 7.43. The maximum Gasteiger partial charge on any atom is 0.213 e. The fraction of sp³-hybridized carbons (Fsp3) is 0.600. The van der Waals surface area contributed by atoms with Crippen LogP contribution in [0.15, 0.2) is 35.7 Å². The van der Waals surface area contributed by atoms with Gasteiger partial charge in [-0.15, -0.1) is 11.3 Å². The van der Waals surface area contributed by atoms with Crippen molar-refractivity contribution < 1.29 is 9.47 Å². The number of piperazine rings is 1. The van der Waals surface area contributed by atoms with Gasteiger partial charge in [-0.1, -0.05) is 26.0 Å². The highest BCUT2D eigenvalue weighted by atomic mass is 32.1. The molecule has 3 rings (SSSR count). The number of ether oxygens (including phenoxy) is 2. The zero-order valence-corrected chi connectivity index (χ0v) is 20.4. The Morgan fingerprint density at radius 3 is 2.50 bits per heavy atom. The first-order chi connectivity index (χ1) is 15.6. The second kappa shape index (κ2) is 12.3. The summed E-state index contributed by atoms with van der Waals surface area (Å²) in [6.07, 6.45) is 1.97. The number of rotatable bonds is 12. The Morgan fingerprint density at radius 1 is 1.12 bits per heavy atom. The molecule has 0 aromatic carbocycles. The molecule has 0 amide bonds. The molecule has 1 aliphatic rings. The SMILES string of the molecule is COCc1cccc(OCCN2CCN(CCCC(C#N)(c3cccs3)C(C)C)CC2)n1. The van der Waals surface area contributed by atoms with Crippen LogP contribution in [0.25, 0.3) is 0 Å². The Labute approximate surface area is 196 Å². The summed E-state index contributed by atoms with van der Waals surface area (Å²) >= 11 is 1.71. The lowest BCUT2D eigenvalue weighted by atomic mass is 9.73. The van der Waals surface area contributed by atoms with Crippen molar-refractivity contribution in [1.29, 1.82) is 5.26 Å². The first-order valence-corrected chi connectivity index (χ1v) is 12.4. The van der Waals surface area contributed by atoms with Gasteiger partial charge in [0.25, 0.3) is 0 Å². The molecule has 0 saturated carbocycles. The Morgan fingerprint density at radius 2 is 1.88 bits per heavy atom. The molecule has 1 saturated heterocycles. The summed E-state index contributed by atoms with van der Waals surface area (Å²) in [6.45, 7) is 11.7. The van der Waals surface area contributed by atoms with Crippen LogP contribution in [0.4, 0.5) is 0 Å². The van der Waals surface area contributed by atoms with Gasteiger partial charge in [0.15, 0.2) is 0 Å². The van der Waals surface area contributed by atoms with E-state index in [1.165, 1.54) is 4.88 Å². The third kappa shape index (κ3) is 6.52. The standard InChI is InChI=1S/C25H36N4O2S/c1-21(2)25(20-26,23-8-5-18-32-23)10-6-11-28-12-14-29(15-13-28)16-17-31-24-9-4-7-22(27-24)19-30-3/h4-5,7-9,18,21H,6,10-17,19H2,1-3H3. The number of aromatic nitrogens is 1. The van der Waals surface area contributed by atoms with E-state index in [0.717, 1.165) is 57.8 Å². The Balaban J connectivity index is 1.37. The number of pyridine rings is 1. The van der Waals surface area contributed by atoms with E-state index in [0.29, 0.717) is 25.0 Å². The molecule has 7 heteroatoms. The summed E-state index contributed by atoms with van der Waals surface area (Å²) in [5, 5.41) is 12.1. The second-order valence-electron chi connectivity index (χ2n) is 8.75. The number of hydrogen-bond donors (Lipinski definition) is 0. The zero-order valence-electron chi connectivity index (χ0n) is 19.6. The Hall–Kier alpha value is -1.98. The minimum absolute atomic E-state index is 0.313. The fourth-order valence-electron chi connectivity index (χ4n) is 4.33. The Bertz CT molecular complexity index is 844. The summed E-state index contributed by atoms with van der Waals surface area (Å²) in [5.74, 6) is 0.975. The largest absolute Gasteiger partial charge is 0.476 e. The lowest BCUT2D eigenvalue weighted by Crippen LogP contribution is -2.47. The molecular weight excluding hydrogens is 420 g/mol. The fourth-order valence-corrected chi connectivity index (χ4v) is 5.39. The van der Waals surface area contributed by atoms with E-state index >= 15 is 0 Å². The molecule has 1 unspecified atom stereocenters. The van der Waals surface area contributed by atoms with Crippen LogP contribution in [0, 0.1) is 17.2 Å². The van der Waals surface area contributed by atoms with Crippen LogP contribution < -0.4 is 4.74 Å². The molecule has 1 atom stereocenters. The van der Waals surface area contributed by atoms with E-state index in [4.69, 9.17) is 9.47 Å². The Kier molecular flexibility index (Phi) is 9.49. The van der Waals surface area contributed by atoms with Gasteiger partial charge in [0.05, 0.1) is 23.8 Å². The lowest BCUT2D eigenvalue weighted by Gasteiger charge is -2.35. The van der Waals surface area contributed by atoms with Crippen molar-refractivity contribution in [3.05, 3.63) is 46.3 Å². The van der Waals surface area contributed by atoms with Crippen molar-refractivity contribution in [3.8, 4) is 11.9 Å². The smallest absolute Gasteiger partial charge is 0.213 e. The van der Waals surface area contributed by atoms with Crippen LogP contribution in [-0.2, 0) is 16.8 Å². The van der Waals surface area contributed by atoms with E-state index in [1.54, 1.807) is 18.4 Å². The highest BCUT2D eigenvalue weighted by Crippen LogP contribution is 2.39. The predicted molar refractivity (Wildman–Crippen MR) is 129 cm³/mol. The van der Waals surface area contributed by atoms with Crippen LogP contribution >= 0.6 is 11.3 Å². The van der Waals surface area contributed by atoms with Gasteiger partial charge in [0, 0.05) is 50.8 Å². The summed E-state index contributed by atoms with van der Waals surface area (Å²) in [7, 11) is 1.67. The zero-order chi connectivity index (χ0) is 22.8. The average molecular weight is 457 g/mol. The van der Waals surface area contributed by atoms with E-state index in [2.05, 4.69) is 52.2 Å². The van der Waals surface area contributed by atoms with Crippen LogP contribution in [0.2, 0.25) is 0 Å². The van der Waals surface area contributed by atoms with E-state index in [9.17, 15) is 5.26 Å². The highest BCUT2D eigenvalue weighted by molar-refractivity contribution is 7.10. The van der Waals surface area contributed by atoms with Gasteiger partial charge in [-0.25, -0.2) is 4.98 Å². The lowest BCUT2D eigenvalue weighted by molar-refractivity contribution is 0.113. The summed E-state index contributed by atoms with van der Waals surface area (Å²) < 4.78 is 11.0. The molecule has 2 aromatic rings. The van der Waals surface area contributed by atoms with E-state index < -0.39 is 0 Å². The van der Waals surface area contributed by atoms with Crippen LogP contribution in [0.1, 0.15) is 37.3 Å². The van der Waals surface area contributed by atoms with Crippen LogP contribution in [0.5, 0.6) is 5.88 Å². The van der Waals surface area contributed by atoms with Gasteiger partial charge in [-0.3, -0.25) is 4.90 Å². The average Bonchev–Trinajstić information content (AvgIpc) is 3.33. The monoisotopic (exact) mass is 456 g/mol. The van der Waals surface area contributed by atoms with Gasteiger partial charge < -0.3 is 14.4 Å². The van der Waals surface area contributed by atoms with E-state index in [1.807, 2.05) is 18.2 Å². The number of thiophene rings is 1. The molecule has 3 heterocycles. The van der Waals surface area contributed by atoms with Gasteiger partial charge in [-0.05, 0) is 42.8 Å². The van der Waals surface area contributed by atoms with Crippen LogP contribution in [0.3, 0.4) is 0 Å². The van der Waals surface area contributed by atoms with E-state index in [-0.39, 0.29) is 5.41 Å². The maximum absolute atomic E-state index is 10.0. The van der Waals surface area contributed by atoms with Gasteiger partial charge in [-0.2, -0.15) is 5.26 Å². The quantitative estimate of drug-likeness (QED) is 0.477. The first kappa shape index (κ1) is 24.7. The maximum atomic E-state index is 10.0. The van der Waals surface area contributed by atoms with Gasteiger partial charge in [0.2, 0.25) is 5.88 Å². The third-order valence-electron chi connectivity index (χ3n) is 6.39. The number of methoxy groups -OCH3 is 1. The molecule has 1 aliphatic heterocycles.